The molecule has 0 bridgehead atoms. The van der Waals surface area contributed by atoms with E-state index in [9.17, 15) is 9.90 Å². The average molecular weight is 342 g/mol. The molecule has 4 heterocycles. The van der Waals surface area contributed by atoms with Crippen LogP contribution >= 0.6 is 11.3 Å². The van der Waals surface area contributed by atoms with Crippen LogP contribution in [0.1, 0.15) is 10.4 Å². The third-order valence-electron chi connectivity index (χ3n) is 3.85. The van der Waals surface area contributed by atoms with Crippen molar-refractivity contribution in [1.29, 1.82) is 0 Å². The number of carbonyl (C=O) groups is 1. The van der Waals surface area contributed by atoms with Crippen LogP contribution in [0.5, 0.6) is 0 Å². The molecule has 0 unspecified atom stereocenters. The van der Waals surface area contributed by atoms with Gasteiger partial charge in [-0.25, -0.2) is 14.8 Å². The van der Waals surface area contributed by atoms with Gasteiger partial charge in [0.1, 0.15) is 16.3 Å². The Labute approximate surface area is 141 Å². The van der Waals surface area contributed by atoms with Crippen LogP contribution < -0.4 is 4.90 Å². The molecule has 0 saturated carbocycles. The number of rotatable bonds is 3. The number of thiophene rings is 1. The van der Waals surface area contributed by atoms with Crippen molar-refractivity contribution in [3.05, 3.63) is 35.3 Å². The standard InChI is InChI=1S/C16H14N4O3S/c21-16(22)10-9-24-15-12(10)14(20-5-7-23-8-6-20)18-13(19-15)11-3-1-2-4-17-11/h1-4,9H,5-8H2,(H,21,22). The van der Waals surface area contributed by atoms with E-state index in [-0.39, 0.29) is 5.56 Å². The van der Waals surface area contributed by atoms with Gasteiger partial charge >= 0.3 is 5.97 Å². The van der Waals surface area contributed by atoms with Crippen LogP contribution in [0.4, 0.5) is 5.82 Å². The lowest BCUT2D eigenvalue weighted by atomic mass is 10.2. The fourth-order valence-corrected chi connectivity index (χ4v) is 3.60. The summed E-state index contributed by atoms with van der Waals surface area (Å²) >= 11 is 1.31. The molecule has 1 saturated heterocycles. The highest BCUT2D eigenvalue weighted by Crippen LogP contribution is 2.34. The molecule has 0 aromatic carbocycles. The predicted molar refractivity (Wildman–Crippen MR) is 90.6 cm³/mol. The first-order valence-electron chi connectivity index (χ1n) is 7.50. The molecule has 1 N–H and O–H groups in total. The predicted octanol–water partition coefficient (Wildman–Crippen LogP) is 2.29. The summed E-state index contributed by atoms with van der Waals surface area (Å²) in [6.45, 7) is 2.53. The van der Waals surface area contributed by atoms with Gasteiger partial charge in [0.2, 0.25) is 0 Å². The van der Waals surface area contributed by atoms with Crippen LogP contribution in [0.2, 0.25) is 0 Å². The molecule has 4 rings (SSSR count). The first-order valence-corrected chi connectivity index (χ1v) is 8.38. The van der Waals surface area contributed by atoms with Crippen molar-refractivity contribution >= 4 is 33.3 Å². The fourth-order valence-electron chi connectivity index (χ4n) is 2.69. The van der Waals surface area contributed by atoms with Gasteiger partial charge in [0.25, 0.3) is 0 Å². The maximum atomic E-state index is 11.6. The van der Waals surface area contributed by atoms with Crippen molar-refractivity contribution in [3.8, 4) is 11.5 Å². The number of hydrogen-bond acceptors (Lipinski definition) is 7. The summed E-state index contributed by atoms with van der Waals surface area (Å²) in [4.78, 5) is 27.8. The zero-order valence-electron chi connectivity index (χ0n) is 12.7. The number of carboxylic acid groups (broad SMARTS) is 1. The Bertz CT molecular complexity index is 891. The van der Waals surface area contributed by atoms with Crippen molar-refractivity contribution in [1.82, 2.24) is 15.0 Å². The molecule has 1 fully saturated rings. The second-order valence-corrected chi connectivity index (χ2v) is 6.18. The van der Waals surface area contributed by atoms with Crippen LogP contribution in [0.25, 0.3) is 21.7 Å². The third kappa shape index (κ3) is 2.59. The maximum absolute atomic E-state index is 11.6. The minimum absolute atomic E-state index is 0.240. The molecule has 0 radical (unpaired) electrons. The molecule has 7 nitrogen and oxygen atoms in total. The van der Waals surface area contributed by atoms with Crippen molar-refractivity contribution < 1.29 is 14.6 Å². The first kappa shape index (κ1) is 15.0. The third-order valence-corrected chi connectivity index (χ3v) is 4.72. The van der Waals surface area contributed by atoms with Crippen molar-refractivity contribution in [2.45, 2.75) is 0 Å². The van der Waals surface area contributed by atoms with Crippen molar-refractivity contribution in [3.63, 3.8) is 0 Å². The summed E-state index contributed by atoms with van der Waals surface area (Å²) in [6, 6.07) is 5.55. The minimum Gasteiger partial charge on any atom is -0.478 e. The number of aromatic carboxylic acids is 1. The molecule has 0 spiro atoms. The lowest BCUT2D eigenvalue weighted by Crippen LogP contribution is -2.37. The van der Waals surface area contributed by atoms with Crippen molar-refractivity contribution in [2.75, 3.05) is 31.2 Å². The molecular formula is C16H14N4O3S. The molecule has 1 aliphatic heterocycles. The summed E-state index contributed by atoms with van der Waals surface area (Å²) < 4.78 is 5.40. The quantitative estimate of drug-likeness (QED) is 0.781. The van der Waals surface area contributed by atoms with Gasteiger partial charge < -0.3 is 14.7 Å². The highest BCUT2D eigenvalue weighted by Gasteiger charge is 2.23. The van der Waals surface area contributed by atoms with E-state index in [1.54, 1.807) is 11.6 Å². The van der Waals surface area contributed by atoms with Crippen LogP contribution in [0, 0.1) is 0 Å². The second-order valence-electron chi connectivity index (χ2n) is 5.32. The minimum atomic E-state index is -0.968. The Morgan fingerprint density at radius 1 is 1.25 bits per heavy atom. The topological polar surface area (TPSA) is 88.4 Å². The zero-order valence-corrected chi connectivity index (χ0v) is 13.5. The highest BCUT2D eigenvalue weighted by molar-refractivity contribution is 7.17. The van der Waals surface area contributed by atoms with Gasteiger partial charge in [-0.2, -0.15) is 0 Å². The van der Waals surface area contributed by atoms with Crippen LogP contribution in [-0.2, 0) is 4.74 Å². The van der Waals surface area contributed by atoms with Gasteiger partial charge in [-0.1, -0.05) is 6.07 Å². The van der Waals surface area contributed by atoms with E-state index in [1.807, 2.05) is 18.2 Å². The fraction of sp³-hybridized carbons (Fsp3) is 0.250. The first-order chi connectivity index (χ1) is 11.7. The monoisotopic (exact) mass is 342 g/mol. The van der Waals surface area contributed by atoms with Gasteiger partial charge in [0.15, 0.2) is 5.82 Å². The van der Waals surface area contributed by atoms with Gasteiger partial charge in [-0.3, -0.25) is 4.98 Å². The Hall–Kier alpha value is -2.58. The number of aromatic nitrogens is 3. The summed E-state index contributed by atoms with van der Waals surface area (Å²) in [5, 5.41) is 11.7. The van der Waals surface area contributed by atoms with E-state index >= 15 is 0 Å². The van der Waals surface area contributed by atoms with E-state index < -0.39 is 5.97 Å². The zero-order chi connectivity index (χ0) is 16.5. The molecule has 0 aliphatic carbocycles. The normalized spacial score (nSPS) is 14.9. The van der Waals surface area contributed by atoms with E-state index in [4.69, 9.17) is 4.74 Å². The Balaban J connectivity index is 1.93. The number of nitrogens with zero attached hydrogens (tertiary/aromatic N) is 4. The molecule has 3 aromatic heterocycles. The van der Waals surface area contributed by atoms with E-state index in [0.29, 0.717) is 53.9 Å². The maximum Gasteiger partial charge on any atom is 0.337 e. The number of hydrogen-bond donors (Lipinski definition) is 1. The molecule has 1 aliphatic rings. The molecule has 8 heteroatoms. The van der Waals surface area contributed by atoms with Gasteiger partial charge in [-0.05, 0) is 12.1 Å². The summed E-state index contributed by atoms with van der Waals surface area (Å²) in [7, 11) is 0. The molecular weight excluding hydrogens is 328 g/mol. The summed E-state index contributed by atoms with van der Waals surface area (Å²) in [5.41, 5.74) is 0.906. The highest BCUT2D eigenvalue weighted by atomic mass is 32.1. The lowest BCUT2D eigenvalue weighted by Gasteiger charge is -2.28. The van der Waals surface area contributed by atoms with Crippen molar-refractivity contribution in [2.24, 2.45) is 0 Å². The van der Waals surface area contributed by atoms with Gasteiger partial charge in [0, 0.05) is 24.7 Å². The van der Waals surface area contributed by atoms with E-state index in [2.05, 4.69) is 19.9 Å². The number of ether oxygens (including phenoxy) is 1. The van der Waals surface area contributed by atoms with E-state index in [0.717, 1.165) is 0 Å². The number of pyridine rings is 1. The van der Waals surface area contributed by atoms with Gasteiger partial charge in [-0.15, -0.1) is 11.3 Å². The lowest BCUT2D eigenvalue weighted by molar-refractivity contribution is 0.0699. The number of morpholine rings is 1. The Morgan fingerprint density at radius 2 is 2.08 bits per heavy atom. The largest absolute Gasteiger partial charge is 0.478 e. The Morgan fingerprint density at radius 3 is 2.79 bits per heavy atom. The van der Waals surface area contributed by atoms with Crippen LogP contribution in [0.15, 0.2) is 29.8 Å². The number of carboxylic acids is 1. The van der Waals surface area contributed by atoms with Crippen LogP contribution in [0.3, 0.4) is 0 Å². The molecule has 0 amide bonds. The SMILES string of the molecule is O=C(O)c1csc2nc(-c3ccccn3)nc(N3CCOCC3)c12. The van der Waals surface area contributed by atoms with E-state index in [1.165, 1.54) is 11.3 Å². The number of fused-ring (bicyclic) bond motifs is 1. The molecule has 0 atom stereocenters. The Kier molecular flexibility index (Phi) is 3.83. The van der Waals surface area contributed by atoms with Crippen LogP contribution in [-0.4, -0.2) is 52.3 Å². The van der Waals surface area contributed by atoms with Gasteiger partial charge in [0.05, 0.1) is 24.2 Å². The average Bonchev–Trinajstić information content (AvgIpc) is 3.07. The second kappa shape index (κ2) is 6.14. The summed E-state index contributed by atoms with van der Waals surface area (Å²) in [6.07, 6.45) is 1.69. The summed E-state index contributed by atoms with van der Waals surface area (Å²) in [5.74, 6) is 0.177. The number of anilines is 1. The molecule has 24 heavy (non-hydrogen) atoms. The molecule has 3 aromatic rings. The molecule has 122 valence electrons. The smallest absolute Gasteiger partial charge is 0.337 e.